The molecule has 0 saturated heterocycles. The van der Waals surface area contributed by atoms with E-state index in [2.05, 4.69) is 13.5 Å². The Morgan fingerprint density at radius 1 is 1.11 bits per heavy atom. The minimum absolute atomic E-state index is 0.292. The van der Waals surface area contributed by atoms with E-state index in [1.807, 2.05) is 12.1 Å². The number of hydrogen-bond donors (Lipinski definition) is 0. The van der Waals surface area contributed by atoms with E-state index in [4.69, 9.17) is 0 Å². The zero-order valence-corrected chi connectivity index (χ0v) is 10.3. The van der Waals surface area contributed by atoms with Gasteiger partial charge in [0.25, 0.3) is 11.8 Å². The third kappa shape index (κ3) is 2.25. The van der Waals surface area contributed by atoms with Crippen LogP contribution >= 0.6 is 0 Å². The fourth-order valence-electron chi connectivity index (χ4n) is 1.95. The highest BCUT2D eigenvalue weighted by Gasteiger charge is 2.24. The summed E-state index contributed by atoms with van der Waals surface area (Å²) in [6.45, 7) is 6.12. The van der Waals surface area contributed by atoms with Crippen LogP contribution in [-0.4, -0.2) is 11.8 Å². The van der Waals surface area contributed by atoms with Crippen LogP contribution in [0.5, 0.6) is 0 Å². The highest BCUT2D eigenvalue weighted by Crippen LogP contribution is 2.23. The molecule has 1 aliphatic heterocycles. The molecule has 0 bridgehead atoms. The molecule has 0 aromatic heterocycles. The summed E-state index contributed by atoms with van der Waals surface area (Å²) in [5.41, 5.74) is 2.72. The molecular formula is C15H15NO2. The number of amides is 2. The van der Waals surface area contributed by atoms with Crippen molar-refractivity contribution >= 4 is 23.1 Å². The van der Waals surface area contributed by atoms with Crippen molar-refractivity contribution in [3.05, 3.63) is 48.6 Å². The molecular weight excluding hydrogens is 226 g/mol. The fourth-order valence-corrected chi connectivity index (χ4v) is 1.95. The normalized spacial score (nSPS) is 14.4. The van der Waals surface area contributed by atoms with E-state index in [9.17, 15) is 9.59 Å². The predicted octanol–water partition coefficient (Wildman–Crippen LogP) is 2.93. The van der Waals surface area contributed by atoms with E-state index < -0.39 is 0 Å². The molecule has 0 radical (unpaired) electrons. The first-order valence-corrected chi connectivity index (χ1v) is 5.98. The molecule has 1 aromatic rings. The van der Waals surface area contributed by atoms with Crippen LogP contribution in [0.4, 0.5) is 5.69 Å². The van der Waals surface area contributed by atoms with Crippen molar-refractivity contribution < 1.29 is 9.59 Å². The summed E-state index contributed by atoms with van der Waals surface area (Å²) in [6.07, 6.45) is 4.56. The van der Waals surface area contributed by atoms with E-state index in [-0.39, 0.29) is 11.8 Å². The Morgan fingerprint density at radius 3 is 2.17 bits per heavy atom. The summed E-state index contributed by atoms with van der Waals surface area (Å²) in [5.74, 6) is -0.583. The molecule has 3 heteroatoms. The fraction of sp³-hybridized carbons (Fsp3) is 0.200. The first-order chi connectivity index (χ1) is 8.63. The maximum Gasteiger partial charge on any atom is 0.258 e. The molecule has 3 nitrogen and oxygen atoms in total. The van der Waals surface area contributed by atoms with Gasteiger partial charge < -0.3 is 0 Å². The van der Waals surface area contributed by atoms with Crippen molar-refractivity contribution in [2.24, 2.45) is 0 Å². The van der Waals surface area contributed by atoms with Crippen LogP contribution in [-0.2, 0) is 9.59 Å². The van der Waals surface area contributed by atoms with Crippen LogP contribution in [0.15, 0.2) is 43.0 Å². The van der Waals surface area contributed by atoms with Gasteiger partial charge >= 0.3 is 0 Å². The Labute approximate surface area is 106 Å². The molecule has 0 saturated carbocycles. The molecule has 0 spiro atoms. The SMILES string of the molecule is C=C(CCC)c1ccc(N2C(=O)C=CC2=O)cc1. The zero-order valence-electron chi connectivity index (χ0n) is 10.3. The van der Waals surface area contributed by atoms with Gasteiger partial charge in [-0.15, -0.1) is 0 Å². The maximum absolute atomic E-state index is 11.5. The van der Waals surface area contributed by atoms with Crippen LogP contribution in [0.2, 0.25) is 0 Å². The lowest BCUT2D eigenvalue weighted by atomic mass is 10.0. The standard InChI is InChI=1S/C15H15NO2/c1-3-4-11(2)12-5-7-13(8-6-12)16-14(17)9-10-15(16)18/h5-10H,2-4H2,1H3. The highest BCUT2D eigenvalue weighted by molar-refractivity contribution is 6.28. The third-order valence-electron chi connectivity index (χ3n) is 2.89. The molecule has 2 rings (SSSR count). The Bertz CT molecular complexity index is 508. The molecule has 1 aliphatic rings. The van der Waals surface area contributed by atoms with Gasteiger partial charge in [0.1, 0.15) is 0 Å². The van der Waals surface area contributed by atoms with Gasteiger partial charge in [0.2, 0.25) is 0 Å². The smallest absolute Gasteiger partial charge is 0.258 e. The van der Waals surface area contributed by atoms with Crippen molar-refractivity contribution in [1.82, 2.24) is 0 Å². The number of nitrogens with zero attached hydrogens (tertiary/aromatic N) is 1. The Hall–Kier alpha value is -2.16. The minimum Gasteiger partial charge on any atom is -0.269 e. The lowest BCUT2D eigenvalue weighted by Crippen LogP contribution is -2.29. The topological polar surface area (TPSA) is 37.4 Å². The summed E-state index contributed by atoms with van der Waals surface area (Å²) >= 11 is 0. The summed E-state index contributed by atoms with van der Waals surface area (Å²) in [5, 5.41) is 0. The first kappa shape index (κ1) is 12.3. The second-order valence-corrected chi connectivity index (χ2v) is 4.25. The molecule has 1 heterocycles. The summed E-state index contributed by atoms with van der Waals surface area (Å²) in [4.78, 5) is 24.2. The molecule has 1 aromatic carbocycles. The molecule has 0 unspecified atom stereocenters. The molecule has 92 valence electrons. The zero-order chi connectivity index (χ0) is 13.1. The first-order valence-electron chi connectivity index (χ1n) is 5.98. The Balaban J connectivity index is 2.20. The van der Waals surface area contributed by atoms with Crippen molar-refractivity contribution in [2.75, 3.05) is 4.90 Å². The lowest BCUT2D eigenvalue weighted by molar-refractivity contribution is -0.119. The average Bonchev–Trinajstić information content (AvgIpc) is 2.70. The average molecular weight is 241 g/mol. The van der Waals surface area contributed by atoms with Gasteiger partial charge in [-0.2, -0.15) is 0 Å². The molecule has 0 aliphatic carbocycles. The summed E-state index contributed by atoms with van der Waals surface area (Å²) in [7, 11) is 0. The van der Waals surface area contributed by atoms with Crippen LogP contribution in [0, 0.1) is 0 Å². The van der Waals surface area contributed by atoms with Gasteiger partial charge in [0.15, 0.2) is 0 Å². The second kappa shape index (κ2) is 5.00. The van der Waals surface area contributed by atoms with Gasteiger partial charge in [-0.05, 0) is 29.7 Å². The van der Waals surface area contributed by atoms with Crippen LogP contribution in [0.3, 0.4) is 0 Å². The van der Waals surface area contributed by atoms with Crippen molar-refractivity contribution in [1.29, 1.82) is 0 Å². The second-order valence-electron chi connectivity index (χ2n) is 4.25. The molecule has 0 fully saturated rings. The van der Waals surface area contributed by atoms with Crippen molar-refractivity contribution in [2.45, 2.75) is 19.8 Å². The van der Waals surface area contributed by atoms with Gasteiger partial charge in [0, 0.05) is 12.2 Å². The number of carbonyl (C=O) groups is 2. The molecule has 0 N–H and O–H groups in total. The van der Waals surface area contributed by atoms with Crippen LogP contribution < -0.4 is 4.90 Å². The predicted molar refractivity (Wildman–Crippen MR) is 72.0 cm³/mol. The lowest BCUT2D eigenvalue weighted by Gasteiger charge is -2.14. The minimum atomic E-state index is -0.292. The van der Waals surface area contributed by atoms with Crippen molar-refractivity contribution in [3.63, 3.8) is 0 Å². The number of imide groups is 1. The van der Waals surface area contributed by atoms with Crippen LogP contribution in [0.1, 0.15) is 25.3 Å². The van der Waals surface area contributed by atoms with Crippen molar-refractivity contribution in [3.8, 4) is 0 Å². The number of anilines is 1. The Kier molecular flexibility index (Phi) is 3.42. The quantitative estimate of drug-likeness (QED) is 0.760. The Morgan fingerprint density at radius 2 is 1.67 bits per heavy atom. The largest absolute Gasteiger partial charge is 0.269 e. The van der Waals surface area contributed by atoms with E-state index >= 15 is 0 Å². The highest BCUT2D eigenvalue weighted by atomic mass is 16.2. The van der Waals surface area contributed by atoms with Crippen LogP contribution in [0.25, 0.3) is 5.57 Å². The molecule has 18 heavy (non-hydrogen) atoms. The number of hydrogen-bond acceptors (Lipinski definition) is 2. The van der Waals surface area contributed by atoms with E-state index in [1.54, 1.807) is 12.1 Å². The number of benzene rings is 1. The van der Waals surface area contributed by atoms with Gasteiger partial charge in [-0.25, -0.2) is 4.90 Å². The molecule has 2 amide bonds. The van der Waals surface area contributed by atoms with E-state index in [0.29, 0.717) is 5.69 Å². The van der Waals surface area contributed by atoms with Gasteiger partial charge in [-0.1, -0.05) is 32.1 Å². The van der Waals surface area contributed by atoms with Gasteiger partial charge in [0.05, 0.1) is 5.69 Å². The summed E-state index contributed by atoms with van der Waals surface area (Å²) in [6, 6.07) is 7.34. The monoisotopic (exact) mass is 241 g/mol. The maximum atomic E-state index is 11.5. The van der Waals surface area contributed by atoms with E-state index in [1.165, 1.54) is 12.2 Å². The third-order valence-corrected chi connectivity index (χ3v) is 2.89. The molecule has 0 atom stereocenters. The number of carbonyl (C=O) groups excluding carboxylic acids is 2. The number of rotatable bonds is 4. The van der Waals surface area contributed by atoms with Gasteiger partial charge in [-0.3, -0.25) is 9.59 Å². The van der Waals surface area contributed by atoms with E-state index in [0.717, 1.165) is 28.9 Å². The summed E-state index contributed by atoms with van der Waals surface area (Å²) < 4.78 is 0. The number of allylic oxidation sites excluding steroid dienone is 1.